The summed E-state index contributed by atoms with van der Waals surface area (Å²) in [6.07, 6.45) is 5.75. The topological polar surface area (TPSA) is 339 Å². The van der Waals surface area contributed by atoms with E-state index < -0.39 is 39.0 Å². The van der Waals surface area contributed by atoms with Crippen molar-refractivity contribution in [3.8, 4) is 63.1 Å². The zero-order valence-electron chi connectivity index (χ0n) is 56.2. The van der Waals surface area contributed by atoms with Gasteiger partial charge in [0.25, 0.3) is 0 Å². The second kappa shape index (κ2) is 31.8. The lowest BCUT2D eigenvalue weighted by atomic mass is 10.1. The maximum absolute atomic E-state index is 11.8. The average Bonchev–Trinajstić information content (AvgIpc) is 0.798. The second-order valence-corrected chi connectivity index (χ2v) is 29.9. The molecule has 12 aromatic rings. The molecule has 28 heteroatoms. The van der Waals surface area contributed by atoms with E-state index in [1.165, 1.54) is 31.9 Å². The first-order valence-corrected chi connectivity index (χ1v) is 37.3. The first-order chi connectivity index (χ1) is 47.7. The molecule has 0 amide bonds. The van der Waals surface area contributed by atoms with Crippen LogP contribution >= 0.6 is 0 Å². The maximum Gasteiger partial charge on any atom is 0.230 e. The molecule has 24 nitrogen and oxygen atoms in total. The van der Waals surface area contributed by atoms with E-state index in [0.717, 1.165) is 84.2 Å². The van der Waals surface area contributed by atoms with E-state index in [-0.39, 0.29) is 4.90 Å². The van der Waals surface area contributed by atoms with Crippen LogP contribution in [0.5, 0.6) is 51.9 Å². The number of pyridine rings is 2. The summed E-state index contributed by atoms with van der Waals surface area (Å²) in [4.78, 5) is 27.8. The number of aromatic nitrogens is 6. The normalized spacial score (nSPS) is 12.8. The molecule has 8 aromatic carbocycles. The van der Waals surface area contributed by atoms with Gasteiger partial charge in [-0.1, -0.05) is 36.4 Å². The number of benzene rings is 8. The van der Waals surface area contributed by atoms with Gasteiger partial charge in [-0.05, 0) is 145 Å². The van der Waals surface area contributed by atoms with Gasteiger partial charge < -0.3 is 48.5 Å². The molecule has 0 aliphatic heterocycles. The van der Waals surface area contributed by atoms with E-state index in [1.807, 2.05) is 91.9 Å². The number of hydrogen-bond donors (Lipinski definition) is 5. The predicted molar refractivity (Wildman–Crippen MR) is 399 cm³/mol. The molecule has 0 aliphatic carbocycles. The first kappa shape index (κ1) is 73.4. The summed E-state index contributed by atoms with van der Waals surface area (Å²) < 4.78 is 101. The first-order valence-electron chi connectivity index (χ1n) is 30.0. The van der Waals surface area contributed by atoms with E-state index in [0.29, 0.717) is 84.8 Å². The largest absolute Gasteiger partial charge is 0.497 e. The quantitative estimate of drug-likeness (QED) is 0.0443. The van der Waals surface area contributed by atoms with Crippen molar-refractivity contribution in [1.82, 2.24) is 29.9 Å². The number of aryl methyl sites for hydroxylation is 1. The fourth-order valence-corrected chi connectivity index (χ4v) is 12.6. The molecule has 3 atom stereocenters. The number of ether oxygens (including phenoxy) is 8. The van der Waals surface area contributed by atoms with Crippen molar-refractivity contribution in [1.29, 1.82) is 0 Å². The zero-order chi connectivity index (χ0) is 72.1. The number of hydrogen-bond acceptors (Lipinski definition) is 21. The summed E-state index contributed by atoms with van der Waals surface area (Å²) in [5.74, 6) is 15.6. The zero-order valence-corrected chi connectivity index (χ0v) is 59.5. The van der Waals surface area contributed by atoms with Gasteiger partial charge in [-0.3, -0.25) is 25.4 Å². The van der Waals surface area contributed by atoms with Crippen molar-refractivity contribution >= 4 is 112 Å². The molecule has 0 aliphatic rings. The average molecular weight is 1430 g/mol. The van der Waals surface area contributed by atoms with Crippen LogP contribution in [0.4, 0.5) is 11.4 Å². The van der Waals surface area contributed by atoms with E-state index in [1.54, 1.807) is 116 Å². The van der Waals surface area contributed by atoms with Gasteiger partial charge in [0.05, 0.1) is 111 Å². The van der Waals surface area contributed by atoms with E-state index in [4.69, 9.17) is 53.3 Å². The number of fused-ring (bicyclic) bond motifs is 4. The van der Waals surface area contributed by atoms with Crippen LogP contribution in [0.15, 0.2) is 202 Å². The molecular formula is C72H75N11O13S4. The smallest absolute Gasteiger partial charge is 0.230 e. The summed E-state index contributed by atoms with van der Waals surface area (Å²) in [5, 5.41) is 27.0. The molecule has 8 N–H and O–H groups in total. The van der Waals surface area contributed by atoms with Crippen molar-refractivity contribution in [3.05, 3.63) is 199 Å². The molecule has 0 bridgehead atoms. The lowest BCUT2D eigenvalue weighted by Crippen LogP contribution is -2.11. The Hall–Kier alpha value is -10.9. The van der Waals surface area contributed by atoms with Gasteiger partial charge in [-0.25, -0.2) is 41.0 Å². The van der Waals surface area contributed by atoms with Gasteiger partial charge in [0.2, 0.25) is 5.88 Å². The number of methoxy groups -OCH3 is 7. The van der Waals surface area contributed by atoms with E-state index >= 15 is 0 Å². The SMILES string of the molecule is C=S(N)(=O)c1ccc(-c2ncnc3cc(OC)c(OC)cc23)cc1.C=S(N)(=O)c1ccc(CNc2cc(C)nc3cc(OC)ccc23)cc1.C=S(N)(=O)c1ccc(CNc2ccnc3c(OC)c(OC)ccc23)cc1.COc1cc2ncnc(Oc3ccc(S(C)(=O)=O)cc3)c2cc1OC. The molecule has 3 unspecified atom stereocenters. The molecule has 0 saturated heterocycles. The fraction of sp³-hybridized carbons (Fsp3) is 0.153. The van der Waals surface area contributed by atoms with E-state index in [2.05, 4.69) is 58.1 Å². The predicted octanol–water partition coefficient (Wildman–Crippen LogP) is 11.0. The number of nitrogens with one attached hydrogen (secondary N) is 2. The highest BCUT2D eigenvalue weighted by molar-refractivity contribution is 7.98. The van der Waals surface area contributed by atoms with Gasteiger partial charge >= 0.3 is 0 Å². The third-order valence-corrected chi connectivity index (χ3v) is 19.6. The lowest BCUT2D eigenvalue weighted by Gasteiger charge is -2.14. The summed E-state index contributed by atoms with van der Waals surface area (Å²) in [5.41, 5.74) is 9.53. The highest BCUT2D eigenvalue weighted by Crippen LogP contribution is 2.39. The van der Waals surface area contributed by atoms with Crippen molar-refractivity contribution in [2.75, 3.05) is 66.7 Å². The van der Waals surface area contributed by atoms with Gasteiger partial charge in [0.15, 0.2) is 44.3 Å². The van der Waals surface area contributed by atoms with Crippen molar-refractivity contribution < 1.29 is 58.9 Å². The Labute approximate surface area is 581 Å². The van der Waals surface area contributed by atoms with Crippen molar-refractivity contribution in [2.45, 2.75) is 39.6 Å². The van der Waals surface area contributed by atoms with Gasteiger partial charge in [-0.2, -0.15) is 0 Å². The Morgan fingerprint density at radius 1 is 0.420 bits per heavy atom. The number of nitrogens with two attached hydrogens (primary N) is 3. The highest BCUT2D eigenvalue weighted by Gasteiger charge is 2.18. The molecule has 0 radical (unpaired) electrons. The lowest BCUT2D eigenvalue weighted by molar-refractivity contribution is 0.355. The Morgan fingerprint density at radius 3 is 1.40 bits per heavy atom. The molecule has 0 saturated carbocycles. The van der Waals surface area contributed by atoms with Crippen LogP contribution < -0.4 is 63.9 Å². The molecule has 4 aromatic heterocycles. The van der Waals surface area contributed by atoms with Crippen LogP contribution in [-0.4, -0.2) is 125 Å². The number of sulfone groups is 1. The standard InChI is InChI=1S/C19H21N3O3S.C19H21N3O2S.C17H17N3O3S.C17H16N2O5S/c1-24-17-9-8-15-16(10-11-21-18(15)19(17)25-2)22-12-13-4-6-14(7-5-13)26(3,20)23;1-13-10-18(17-9-6-15(24-2)11-19(17)22-13)21-12-14-4-7-16(8-5-14)25(3,20)23;1-22-15-8-13-14(9-16(15)23-2)19-10-20-17(13)11-4-6-12(7-5-11)24(3,18)21;1-22-15-8-13-14(9-16(15)23-2)18-10-19-17(13)24-11-4-6-12(7-5-11)25(3,20)21/h4-11H,3,12H2,1-2H3,(H2,20,23)(H,21,22);4-11H,3,12H2,1-2H3,(H2,20,23)(H,21,22);4-10H,3H2,1-2H3,(H2,18,21);4-10H,1-3H3. The van der Waals surface area contributed by atoms with Crippen LogP contribution in [0.3, 0.4) is 0 Å². The number of nitrogens with zero attached hydrogens (tertiary/aromatic N) is 6. The third kappa shape index (κ3) is 18.1. The summed E-state index contributed by atoms with van der Waals surface area (Å²) in [7, 11) is -0.262. The second-order valence-electron chi connectivity index (χ2n) is 22.1. The Morgan fingerprint density at radius 2 is 0.890 bits per heavy atom. The van der Waals surface area contributed by atoms with Crippen LogP contribution in [0.1, 0.15) is 16.8 Å². The van der Waals surface area contributed by atoms with E-state index in [9.17, 15) is 21.0 Å². The minimum atomic E-state index is -3.26. The molecule has 4 heterocycles. The minimum Gasteiger partial charge on any atom is -0.497 e. The van der Waals surface area contributed by atoms with Crippen LogP contribution in [0, 0.1) is 6.92 Å². The third-order valence-electron chi connectivity index (χ3n) is 15.2. The number of anilines is 2. The number of rotatable bonds is 20. The minimum absolute atomic E-state index is 0.221. The summed E-state index contributed by atoms with van der Waals surface area (Å²) in [6.45, 7) is 3.19. The van der Waals surface area contributed by atoms with Gasteiger partial charge in [-0.15, -0.1) is 0 Å². The van der Waals surface area contributed by atoms with Crippen molar-refractivity contribution in [3.63, 3.8) is 0 Å². The molecule has 0 fully saturated rings. The monoisotopic (exact) mass is 1430 g/mol. The molecular weight excluding hydrogens is 1360 g/mol. The van der Waals surface area contributed by atoms with Crippen LogP contribution in [0.2, 0.25) is 0 Å². The van der Waals surface area contributed by atoms with Crippen LogP contribution in [0.25, 0.3) is 54.9 Å². The Bertz CT molecular complexity index is 5410. The molecule has 12 rings (SSSR count). The summed E-state index contributed by atoms with van der Waals surface area (Å²) >= 11 is 0. The molecule has 0 spiro atoms. The summed E-state index contributed by atoms with van der Waals surface area (Å²) in [6, 6.07) is 48.4. The fourth-order valence-electron chi connectivity index (χ4n) is 10.1. The van der Waals surface area contributed by atoms with Gasteiger partial charge in [0.1, 0.15) is 29.7 Å². The molecule has 520 valence electrons. The Kier molecular flexibility index (Phi) is 23.3. The van der Waals surface area contributed by atoms with Gasteiger partial charge in [0, 0.05) is 97.2 Å². The van der Waals surface area contributed by atoms with Crippen LogP contribution in [-0.2, 0) is 52.1 Å². The van der Waals surface area contributed by atoms with Crippen molar-refractivity contribution in [2.24, 2.45) is 15.4 Å². The highest BCUT2D eigenvalue weighted by atomic mass is 32.2. The molecule has 100 heavy (non-hydrogen) atoms. The maximum atomic E-state index is 11.8. The Balaban J connectivity index is 0.000000156.